The van der Waals surface area contributed by atoms with E-state index < -0.39 is 0 Å². The molecule has 1 unspecified atom stereocenters. The zero-order valence-electron chi connectivity index (χ0n) is 4.71. The highest BCUT2D eigenvalue weighted by atomic mass is 16.5. The molecule has 0 aromatic rings. The van der Waals surface area contributed by atoms with Crippen molar-refractivity contribution < 1.29 is 9.84 Å². The van der Waals surface area contributed by atoms with Gasteiger partial charge in [0, 0.05) is 18.6 Å². The van der Waals surface area contributed by atoms with Crippen LogP contribution in [0.2, 0.25) is 0 Å². The van der Waals surface area contributed by atoms with E-state index in [1.807, 2.05) is 0 Å². The Kier molecular flexibility index (Phi) is 1.83. The summed E-state index contributed by atoms with van der Waals surface area (Å²) in [4.78, 5) is 0. The van der Waals surface area contributed by atoms with Crippen LogP contribution in [-0.2, 0) is 4.74 Å². The van der Waals surface area contributed by atoms with Gasteiger partial charge < -0.3 is 15.6 Å². The lowest BCUT2D eigenvalue weighted by Gasteiger charge is -2.06. The van der Waals surface area contributed by atoms with E-state index in [0.717, 1.165) is 0 Å². The van der Waals surface area contributed by atoms with Crippen LogP contribution in [0.25, 0.3) is 0 Å². The number of nitrogens with two attached hydrogens (primary N) is 1. The molecule has 0 aromatic heterocycles. The first-order valence-electron chi connectivity index (χ1n) is 2.78. The Morgan fingerprint density at radius 2 is 2.38 bits per heavy atom. The summed E-state index contributed by atoms with van der Waals surface area (Å²) >= 11 is 0. The van der Waals surface area contributed by atoms with Crippen LogP contribution in [0.3, 0.4) is 0 Å². The van der Waals surface area contributed by atoms with E-state index in [-0.39, 0.29) is 18.6 Å². The molecular weight excluding hydrogens is 106 g/mol. The molecule has 1 saturated heterocycles. The van der Waals surface area contributed by atoms with Crippen molar-refractivity contribution in [2.75, 3.05) is 19.8 Å². The fraction of sp³-hybridized carbons (Fsp3) is 1.00. The molecule has 0 amide bonds. The lowest BCUT2D eigenvalue weighted by molar-refractivity contribution is 0.161. The van der Waals surface area contributed by atoms with Gasteiger partial charge in [-0.15, -0.1) is 0 Å². The molecule has 0 bridgehead atoms. The Morgan fingerprint density at radius 3 is 2.62 bits per heavy atom. The van der Waals surface area contributed by atoms with Crippen LogP contribution in [0.1, 0.15) is 0 Å². The van der Waals surface area contributed by atoms with Gasteiger partial charge in [0.1, 0.15) is 0 Å². The standard InChI is InChI=1S/C5H11NO2/c6-5-3-8-2-4(5)1-7/h4-5,7H,1-3,6H2/t4-,5?/m0/s1. The third-order valence-electron chi connectivity index (χ3n) is 1.48. The van der Waals surface area contributed by atoms with Gasteiger partial charge in [-0.1, -0.05) is 0 Å². The second-order valence-electron chi connectivity index (χ2n) is 2.14. The summed E-state index contributed by atoms with van der Waals surface area (Å²) in [5, 5.41) is 8.58. The molecule has 3 nitrogen and oxygen atoms in total. The van der Waals surface area contributed by atoms with E-state index in [1.165, 1.54) is 0 Å². The minimum Gasteiger partial charge on any atom is -0.396 e. The zero-order chi connectivity index (χ0) is 5.98. The molecule has 2 atom stereocenters. The van der Waals surface area contributed by atoms with Crippen LogP contribution >= 0.6 is 0 Å². The molecule has 0 saturated carbocycles. The summed E-state index contributed by atoms with van der Waals surface area (Å²) in [5.74, 6) is 0.176. The SMILES string of the molecule is NC1COC[C@@H]1CO. The molecule has 0 aliphatic carbocycles. The maximum Gasteiger partial charge on any atom is 0.0622 e. The number of ether oxygens (including phenoxy) is 1. The second-order valence-corrected chi connectivity index (χ2v) is 2.14. The van der Waals surface area contributed by atoms with Crippen LogP contribution < -0.4 is 5.73 Å². The monoisotopic (exact) mass is 117 g/mol. The van der Waals surface area contributed by atoms with Crippen molar-refractivity contribution in [3.05, 3.63) is 0 Å². The first-order chi connectivity index (χ1) is 3.84. The maximum absolute atomic E-state index is 8.58. The third-order valence-corrected chi connectivity index (χ3v) is 1.48. The average Bonchev–Trinajstić information content (AvgIpc) is 2.14. The predicted octanol–water partition coefficient (Wildman–Crippen LogP) is -1.05. The molecular formula is C5H11NO2. The Morgan fingerprint density at radius 1 is 1.62 bits per heavy atom. The summed E-state index contributed by atoms with van der Waals surface area (Å²) in [6.07, 6.45) is 0. The minimum absolute atomic E-state index is 0.0556. The first-order valence-corrected chi connectivity index (χ1v) is 2.78. The number of aliphatic hydroxyl groups is 1. The Bertz CT molecular complexity index is 76.8. The van der Waals surface area contributed by atoms with Gasteiger partial charge in [-0.25, -0.2) is 0 Å². The van der Waals surface area contributed by atoms with Gasteiger partial charge in [-0.3, -0.25) is 0 Å². The van der Waals surface area contributed by atoms with Gasteiger partial charge in [-0.2, -0.15) is 0 Å². The molecule has 1 rings (SSSR count). The number of aliphatic hydroxyl groups excluding tert-OH is 1. The van der Waals surface area contributed by atoms with Crippen LogP contribution in [0, 0.1) is 5.92 Å². The molecule has 8 heavy (non-hydrogen) atoms. The number of hydrogen-bond donors (Lipinski definition) is 2. The third kappa shape index (κ3) is 0.992. The highest BCUT2D eigenvalue weighted by molar-refractivity contribution is 4.76. The van der Waals surface area contributed by atoms with Crippen molar-refractivity contribution in [2.45, 2.75) is 6.04 Å². The molecule has 3 N–H and O–H groups in total. The lowest BCUT2D eigenvalue weighted by Crippen LogP contribution is -2.30. The van der Waals surface area contributed by atoms with Gasteiger partial charge in [-0.05, 0) is 0 Å². The van der Waals surface area contributed by atoms with Gasteiger partial charge in [0.15, 0.2) is 0 Å². The molecule has 1 aliphatic rings. The molecule has 1 heterocycles. The van der Waals surface area contributed by atoms with Gasteiger partial charge in [0.05, 0.1) is 13.2 Å². The van der Waals surface area contributed by atoms with Crippen LogP contribution in [0.5, 0.6) is 0 Å². The maximum atomic E-state index is 8.58. The van der Waals surface area contributed by atoms with E-state index in [0.29, 0.717) is 13.2 Å². The average molecular weight is 117 g/mol. The van der Waals surface area contributed by atoms with Crippen molar-refractivity contribution in [2.24, 2.45) is 11.7 Å². The zero-order valence-corrected chi connectivity index (χ0v) is 4.71. The molecule has 3 heteroatoms. The van der Waals surface area contributed by atoms with E-state index in [4.69, 9.17) is 15.6 Å². The predicted molar refractivity (Wildman–Crippen MR) is 29.4 cm³/mol. The highest BCUT2D eigenvalue weighted by Gasteiger charge is 2.23. The van der Waals surface area contributed by atoms with Crippen LogP contribution in [0.4, 0.5) is 0 Å². The largest absolute Gasteiger partial charge is 0.396 e. The summed E-state index contributed by atoms with van der Waals surface area (Å²) in [6, 6.07) is 0.0556. The summed E-state index contributed by atoms with van der Waals surface area (Å²) in [7, 11) is 0. The normalized spacial score (nSPS) is 38.2. The van der Waals surface area contributed by atoms with Crippen molar-refractivity contribution in [3.63, 3.8) is 0 Å². The molecule has 48 valence electrons. The topological polar surface area (TPSA) is 55.5 Å². The Balaban J connectivity index is 2.30. The van der Waals surface area contributed by atoms with Crippen LogP contribution in [-0.4, -0.2) is 31.0 Å². The Labute approximate surface area is 48.4 Å². The molecule has 0 aromatic carbocycles. The van der Waals surface area contributed by atoms with Gasteiger partial charge in [0.25, 0.3) is 0 Å². The van der Waals surface area contributed by atoms with Crippen molar-refractivity contribution in [1.82, 2.24) is 0 Å². The molecule has 0 spiro atoms. The summed E-state index contributed by atoms with van der Waals surface area (Å²) in [6.45, 7) is 1.38. The highest BCUT2D eigenvalue weighted by Crippen LogP contribution is 2.09. The van der Waals surface area contributed by atoms with Crippen LogP contribution in [0.15, 0.2) is 0 Å². The lowest BCUT2D eigenvalue weighted by atomic mass is 10.1. The van der Waals surface area contributed by atoms with E-state index in [9.17, 15) is 0 Å². The minimum atomic E-state index is 0.0556. The summed E-state index contributed by atoms with van der Waals surface area (Å²) in [5.41, 5.74) is 5.50. The number of hydrogen-bond acceptors (Lipinski definition) is 3. The van der Waals surface area contributed by atoms with Crippen molar-refractivity contribution in [1.29, 1.82) is 0 Å². The first kappa shape index (κ1) is 6.01. The fourth-order valence-electron chi connectivity index (χ4n) is 0.803. The second kappa shape index (κ2) is 2.44. The number of rotatable bonds is 1. The van der Waals surface area contributed by atoms with Gasteiger partial charge in [0.2, 0.25) is 0 Å². The van der Waals surface area contributed by atoms with Gasteiger partial charge >= 0.3 is 0 Å². The fourth-order valence-corrected chi connectivity index (χ4v) is 0.803. The Hall–Kier alpha value is -0.120. The molecule has 1 aliphatic heterocycles. The van der Waals surface area contributed by atoms with E-state index in [2.05, 4.69) is 0 Å². The van der Waals surface area contributed by atoms with E-state index in [1.54, 1.807) is 0 Å². The molecule has 0 radical (unpaired) electrons. The molecule has 1 fully saturated rings. The smallest absolute Gasteiger partial charge is 0.0622 e. The van der Waals surface area contributed by atoms with Crippen molar-refractivity contribution >= 4 is 0 Å². The van der Waals surface area contributed by atoms with E-state index >= 15 is 0 Å². The quantitative estimate of drug-likeness (QED) is 0.461. The van der Waals surface area contributed by atoms with Crippen molar-refractivity contribution in [3.8, 4) is 0 Å². The summed E-state index contributed by atoms with van der Waals surface area (Å²) < 4.78 is 4.98.